The quantitative estimate of drug-likeness (QED) is 0.489. The minimum atomic E-state index is -5.47. The van der Waals surface area contributed by atoms with Crippen molar-refractivity contribution in [2.24, 2.45) is 5.14 Å². The zero-order chi connectivity index (χ0) is 29.3. The van der Waals surface area contributed by atoms with E-state index in [4.69, 9.17) is 4.74 Å². The van der Waals surface area contributed by atoms with Gasteiger partial charge >= 0.3 is 34.8 Å². The predicted octanol–water partition coefficient (Wildman–Crippen LogP) is 3.96. The van der Waals surface area contributed by atoms with Crippen molar-refractivity contribution in [3.8, 4) is 5.75 Å². The van der Waals surface area contributed by atoms with Crippen LogP contribution in [-0.4, -0.2) is 58.7 Å². The van der Waals surface area contributed by atoms with E-state index in [1.807, 2.05) is 0 Å². The lowest BCUT2D eigenvalue weighted by Gasteiger charge is -2.26. The van der Waals surface area contributed by atoms with E-state index in [1.54, 1.807) is 0 Å². The highest BCUT2D eigenvalue weighted by molar-refractivity contribution is 7.84. The van der Waals surface area contributed by atoms with Gasteiger partial charge in [-0.15, -0.1) is 0 Å². The van der Waals surface area contributed by atoms with Crippen LogP contribution in [0.25, 0.3) is 0 Å². The molecule has 2 aromatic rings. The van der Waals surface area contributed by atoms with Crippen LogP contribution in [0.15, 0.2) is 36.4 Å². The van der Waals surface area contributed by atoms with Gasteiger partial charge in [-0.3, -0.25) is 14.0 Å². The van der Waals surface area contributed by atoms with Gasteiger partial charge < -0.3 is 9.64 Å². The van der Waals surface area contributed by atoms with Gasteiger partial charge in [0.15, 0.2) is 5.75 Å². The molecule has 3 amide bonds. The van der Waals surface area contributed by atoms with E-state index in [9.17, 15) is 48.7 Å². The first-order chi connectivity index (χ1) is 17.9. The average molecular weight is 588 g/mol. The highest BCUT2D eigenvalue weighted by Gasteiger charge is 2.44. The minimum absolute atomic E-state index is 0.0262. The van der Waals surface area contributed by atoms with E-state index < -0.39 is 82.9 Å². The Bertz CT molecular complexity index is 1350. The minimum Gasteiger partial charge on any atom is -0.407 e. The zero-order valence-corrected chi connectivity index (χ0v) is 20.5. The van der Waals surface area contributed by atoms with Crippen LogP contribution in [0.3, 0.4) is 0 Å². The van der Waals surface area contributed by atoms with E-state index in [1.165, 1.54) is 0 Å². The summed E-state index contributed by atoms with van der Waals surface area (Å²) in [6.07, 6.45) is -12.2. The molecule has 1 saturated heterocycles. The summed E-state index contributed by atoms with van der Waals surface area (Å²) in [4.78, 5) is 27.7. The predicted molar refractivity (Wildman–Crippen MR) is 121 cm³/mol. The van der Waals surface area contributed by atoms with E-state index in [0.29, 0.717) is 9.80 Å². The average Bonchev–Trinajstić information content (AvgIpc) is 3.16. The largest absolute Gasteiger partial charge is 0.420 e. The van der Waals surface area contributed by atoms with Crippen molar-refractivity contribution in [1.82, 2.24) is 4.90 Å². The van der Waals surface area contributed by atoms with Crippen LogP contribution in [0.2, 0.25) is 0 Å². The fourth-order valence-corrected chi connectivity index (χ4v) is 3.81. The van der Waals surface area contributed by atoms with Crippen LogP contribution in [-0.2, 0) is 26.8 Å². The molecular weight excluding hydrogens is 569 g/mol. The third-order valence-corrected chi connectivity index (χ3v) is 5.87. The van der Waals surface area contributed by atoms with Crippen LogP contribution < -0.4 is 19.7 Å². The Balaban J connectivity index is 2.05. The van der Waals surface area contributed by atoms with Gasteiger partial charge in [-0.1, -0.05) is 0 Å². The highest BCUT2D eigenvalue weighted by Crippen LogP contribution is 2.47. The van der Waals surface area contributed by atoms with Crippen molar-refractivity contribution in [2.45, 2.75) is 12.4 Å². The number of rotatable bonds is 7. The normalized spacial score (nSPS) is 14.6. The summed E-state index contributed by atoms with van der Waals surface area (Å²) in [6, 6.07) is 2.92. The van der Waals surface area contributed by atoms with Gasteiger partial charge in [-0.05, 0) is 36.4 Å². The third kappa shape index (κ3) is 7.27. The maximum Gasteiger partial charge on any atom is 0.420 e. The smallest absolute Gasteiger partial charge is 0.407 e. The summed E-state index contributed by atoms with van der Waals surface area (Å²) in [5, 5.41) is 4.68. The number of nitrogens with two attached hydrogens (primary N) is 1. The fraction of sp³-hybridized carbons (Fsp3) is 0.333. The summed E-state index contributed by atoms with van der Waals surface area (Å²) in [5.41, 5.74) is -4.81. The van der Waals surface area contributed by atoms with Crippen LogP contribution in [0.4, 0.5) is 51.7 Å². The third-order valence-electron chi connectivity index (χ3n) is 5.37. The summed E-state index contributed by atoms with van der Waals surface area (Å²) >= 11 is 0. The van der Waals surface area contributed by atoms with E-state index in [-0.39, 0.29) is 24.4 Å². The topological polar surface area (TPSA) is 122 Å². The number of carbonyl (C=O) groups is 2. The molecule has 1 fully saturated rings. The Morgan fingerprint density at radius 1 is 1.05 bits per heavy atom. The van der Waals surface area contributed by atoms with E-state index in [2.05, 4.69) is 9.32 Å². The number of anilines is 2. The molecule has 0 bridgehead atoms. The number of carbonyl (C=O) groups excluding carboxylic acids is 2. The van der Waals surface area contributed by atoms with Gasteiger partial charge in [0, 0.05) is 32.4 Å². The lowest BCUT2D eigenvalue weighted by Crippen LogP contribution is -2.36. The molecule has 0 unspecified atom stereocenters. The molecule has 18 heteroatoms. The molecule has 1 heterocycles. The highest BCUT2D eigenvalue weighted by atomic mass is 32.2. The number of halogens is 7. The van der Waals surface area contributed by atoms with Gasteiger partial charge in [0.25, 0.3) is 0 Å². The summed E-state index contributed by atoms with van der Waals surface area (Å²) in [7, 11) is -3.32. The molecule has 0 spiro atoms. The molecule has 0 aliphatic carbocycles. The van der Waals surface area contributed by atoms with Crippen LogP contribution in [0.1, 0.15) is 11.1 Å². The lowest BCUT2D eigenvalue weighted by atomic mass is 10.1. The summed E-state index contributed by atoms with van der Waals surface area (Å²) in [5.74, 6) is -2.07. The van der Waals surface area contributed by atoms with Crippen LogP contribution in [0, 0.1) is 5.82 Å². The number of amides is 3. The number of hydrogen-bond acceptors (Lipinski definition) is 6. The van der Waals surface area contributed by atoms with E-state index >= 15 is 0 Å². The molecule has 0 radical (unpaired) electrons. The molecule has 2 N–H and O–H groups in total. The second-order valence-corrected chi connectivity index (χ2v) is 9.23. The van der Waals surface area contributed by atoms with Crippen molar-refractivity contribution >= 4 is 33.8 Å². The molecule has 1 aliphatic heterocycles. The molecule has 3 rings (SSSR count). The first-order valence-corrected chi connectivity index (χ1v) is 12.1. The molecule has 2 aromatic carbocycles. The van der Waals surface area contributed by atoms with Crippen molar-refractivity contribution in [3.63, 3.8) is 0 Å². The number of nitrogens with zero attached hydrogens (tertiary/aromatic N) is 3. The zero-order valence-electron chi connectivity index (χ0n) is 19.7. The second kappa shape index (κ2) is 10.9. The van der Waals surface area contributed by atoms with Crippen molar-refractivity contribution in [1.29, 1.82) is 0 Å². The SMILES string of the molecule is CN(C(=O)Oc1c(N2CCN(CCOS(N)(=O)=O)C2=O)cc(C(F)(F)F)cc1C(F)(F)F)c1ccc(F)cc1. The number of urea groups is 1. The summed E-state index contributed by atoms with van der Waals surface area (Å²) in [6.45, 7) is -1.78. The Morgan fingerprint density at radius 2 is 1.67 bits per heavy atom. The summed E-state index contributed by atoms with van der Waals surface area (Å²) < 4.78 is 127. The Hall–Kier alpha value is -3.64. The van der Waals surface area contributed by atoms with Crippen LogP contribution >= 0.6 is 0 Å². The Morgan fingerprint density at radius 3 is 2.21 bits per heavy atom. The molecule has 0 saturated carbocycles. The van der Waals surface area contributed by atoms with Crippen molar-refractivity contribution < 1.29 is 57.7 Å². The Labute approximate surface area is 216 Å². The molecule has 1 aliphatic rings. The maximum absolute atomic E-state index is 13.9. The van der Waals surface area contributed by atoms with Crippen molar-refractivity contribution in [3.05, 3.63) is 53.3 Å². The molecule has 214 valence electrons. The second-order valence-electron chi connectivity index (χ2n) is 8.01. The monoisotopic (exact) mass is 588 g/mol. The van der Waals surface area contributed by atoms with Gasteiger partial charge in [-0.2, -0.15) is 34.8 Å². The number of hydrogen-bond donors (Lipinski definition) is 1. The van der Waals surface area contributed by atoms with Crippen LogP contribution in [0.5, 0.6) is 5.75 Å². The van der Waals surface area contributed by atoms with Crippen molar-refractivity contribution in [2.75, 3.05) is 43.1 Å². The molecule has 0 atom stereocenters. The Kier molecular flexibility index (Phi) is 8.32. The first-order valence-electron chi connectivity index (χ1n) is 10.7. The standard InChI is InChI=1S/C21H19F7N4O6S/c1-30(14-4-2-13(22)3-5-14)19(34)38-17-15(21(26,27)28)10-12(20(23,24)25)11-16(17)32-7-6-31(18(32)33)8-9-37-39(29,35)36/h2-5,10-11H,6-9H2,1H3,(H2,29,35,36). The van der Waals surface area contributed by atoms with E-state index in [0.717, 1.165) is 36.2 Å². The molecule has 10 nitrogen and oxygen atoms in total. The maximum atomic E-state index is 13.9. The van der Waals surface area contributed by atoms with Gasteiger partial charge in [-0.25, -0.2) is 19.1 Å². The first kappa shape index (κ1) is 29.9. The number of benzene rings is 2. The number of alkyl halides is 6. The van der Waals surface area contributed by atoms with Gasteiger partial charge in [0.05, 0.1) is 17.9 Å². The molecule has 0 aromatic heterocycles. The lowest BCUT2D eigenvalue weighted by molar-refractivity contribution is -0.143. The van der Waals surface area contributed by atoms with Gasteiger partial charge in [0.2, 0.25) is 0 Å². The van der Waals surface area contributed by atoms with Gasteiger partial charge in [0.1, 0.15) is 11.4 Å². The molecule has 39 heavy (non-hydrogen) atoms. The molecular formula is C21H19F7N4O6S. The number of ether oxygens (including phenoxy) is 1. The fourth-order valence-electron chi connectivity index (χ4n) is 3.50.